The number of nitrogens with zero attached hydrogens (tertiary/aromatic N) is 1. The van der Waals surface area contributed by atoms with E-state index in [1.165, 1.54) is 12.3 Å². The van der Waals surface area contributed by atoms with Crippen LogP contribution in [0.3, 0.4) is 0 Å². The van der Waals surface area contributed by atoms with Crippen LogP contribution in [0.1, 0.15) is 15.9 Å². The second kappa shape index (κ2) is 4.74. The van der Waals surface area contributed by atoms with E-state index in [4.69, 9.17) is 4.74 Å². The molecule has 0 saturated carbocycles. The molecule has 1 aromatic carbocycles. The molecular formula is C13H10FNO2. The number of carbonyl (C=O) groups excluding carboxylic acids is 1. The van der Waals surface area contributed by atoms with Crippen molar-refractivity contribution in [3.05, 3.63) is 53.5 Å². The first-order valence-corrected chi connectivity index (χ1v) is 5.04. The largest absolute Gasteiger partial charge is 0.439 e. The highest BCUT2D eigenvalue weighted by Crippen LogP contribution is 2.21. The average molecular weight is 231 g/mol. The zero-order chi connectivity index (χ0) is 12.3. The summed E-state index contributed by atoms with van der Waals surface area (Å²) in [6.07, 6.45) is 2.09. The van der Waals surface area contributed by atoms with E-state index < -0.39 is 0 Å². The first-order chi connectivity index (χ1) is 8.19. The third-order valence-corrected chi connectivity index (χ3v) is 2.26. The summed E-state index contributed by atoms with van der Waals surface area (Å²) in [6, 6.07) is 7.73. The van der Waals surface area contributed by atoms with Crippen LogP contribution in [0.2, 0.25) is 0 Å². The van der Waals surface area contributed by atoms with Gasteiger partial charge in [-0.2, -0.15) is 0 Å². The lowest BCUT2D eigenvalue weighted by Gasteiger charge is -2.05. The van der Waals surface area contributed by atoms with E-state index in [-0.39, 0.29) is 5.82 Å². The predicted molar refractivity (Wildman–Crippen MR) is 60.8 cm³/mol. The molecule has 4 heteroatoms. The van der Waals surface area contributed by atoms with E-state index in [0.717, 1.165) is 0 Å². The summed E-state index contributed by atoms with van der Waals surface area (Å²) in [7, 11) is 0. The molecule has 0 aliphatic carbocycles. The number of aryl methyl sites for hydroxylation is 1. The van der Waals surface area contributed by atoms with Crippen molar-refractivity contribution >= 4 is 6.29 Å². The Bertz CT molecular complexity index is 538. The second-order valence-corrected chi connectivity index (χ2v) is 3.56. The molecule has 0 atom stereocenters. The number of hydrogen-bond acceptors (Lipinski definition) is 3. The van der Waals surface area contributed by atoms with Gasteiger partial charge in [-0.1, -0.05) is 6.07 Å². The lowest BCUT2D eigenvalue weighted by atomic mass is 10.2. The van der Waals surface area contributed by atoms with Crippen molar-refractivity contribution in [2.75, 3.05) is 0 Å². The van der Waals surface area contributed by atoms with Crippen LogP contribution in [0, 0.1) is 12.7 Å². The molecule has 0 spiro atoms. The summed E-state index contributed by atoms with van der Waals surface area (Å²) in [5.41, 5.74) is 1.02. The van der Waals surface area contributed by atoms with Gasteiger partial charge in [0.2, 0.25) is 5.88 Å². The molecule has 86 valence electrons. The molecule has 0 fully saturated rings. The summed E-state index contributed by atoms with van der Waals surface area (Å²) in [5, 5.41) is 0. The molecule has 0 amide bonds. The van der Waals surface area contributed by atoms with E-state index in [9.17, 15) is 9.18 Å². The van der Waals surface area contributed by atoms with Crippen LogP contribution in [0.15, 0.2) is 36.5 Å². The molecule has 0 aliphatic rings. The Labute approximate surface area is 97.9 Å². The maximum absolute atomic E-state index is 13.3. The zero-order valence-electron chi connectivity index (χ0n) is 9.18. The van der Waals surface area contributed by atoms with E-state index >= 15 is 0 Å². The Balaban J connectivity index is 2.19. The fourth-order valence-corrected chi connectivity index (χ4v) is 1.28. The number of halogens is 1. The number of pyridine rings is 1. The number of aldehydes is 1. The van der Waals surface area contributed by atoms with Crippen molar-refractivity contribution < 1.29 is 13.9 Å². The fourth-order valence-electron chi connectivity index (χ4n) is 1.28. The van der Waals surface area contributed by atoms with E-state index in [1.54, 1.807) is 31.2 Å². The Morgan fingerprint density at radius 1 is 1.29 bits per heavy atom. The maximum Gasteiger partial charge on any atom is 0.219 e. The van der Waals surface area contributed by atoms with Crippen molar-refractivity contribution in [1.29, 1.82) is 0 Å². The Morgan fingerprint density at radius 3 is 2.71 bits per heavy atom. The van der Waals surface area contributed by atoms with Gasteiger partial charge in [-0.15, -0.1) is 0 Å². The van der Waals surface area contributed by atoms with Crippen LogP contribution in [0.5, 0.6) is 11.6 Å². The van der Waals surface area contributed by atoms with Gasteiger partial charge in [-0.3, -0.25) is 4.79 Å². The molecule has 2 aromatic rings. The lowest BCUT2D eigenvalue weighted by molar-refractivity contribution is 0.112. The highest BCUT2D eigenvalue weighted by Gasteiger charge is 2.02. The Hall–Kier alpha value is -2.23. The van der Waals surface area contributed by atoms with Crippen molar-refractivity contribution in [2.45, 2.75) is 6.92 Å². The van der Waals surface area contributed by atoms with Crippen molar-refractivity contribution in [1.82, 2.24) is 4.98 Å². The second-order valence-electron chi connectivity index (χ2n) is 3.56. The van der Waals surface area contributed by atoms with E-state index in [2.05, 4.69) is 4.98 Å². The van der Waals surface area contributed by atoms with Gasteiger partial charge in [0, 0.05) is 23.9 Å². The minimum absolute atomic E-state index is 0.318. The van der Waals surface area contributed by atoms with Gasteiger partial charge in [0.25, 0.3) is 0 Å². The molecule has 0 radical (unpaired) electrons. The first-order valence-electron chi connectivity index (χ1n) is 5.04. The van der Waals surface area contributed by atoms with Gasteiger partial charge in [0.1, 0.15) is 11.6 Å². The van der Waals surface area contributed by atoms with Gasteiger partial charge in [-0.25, -0.2) is 9.37 Å². The lowest BCUT2D eigenvalue weighted by Crippen LogP contribution is -1.90. The molecule has 1 aromatic heterocycles. The number of ether oxygens (including phenoxy) is 1. The average Bonchev–Trinajstić information content (AvgIpc) is 2.35. The zero-order valence-corrected chi connectivity index (χ0v) is 9.18. The van der Waals surface area contributed by atoms with Crippen molar-refractivity contribution in [2.24, 2.45) is 0 Å². The molecule has 0 aliphatic heterocycles. The smallest absolute Gasteiger partial charge is 0.219 e. The van der Waals surface area contributed by atoms with Gasteiger partial charge in [-0.05, 0) is 24.6 Å². The third-order valence-electron chi connectivity index (χ3n) is 2.26. The topological polar surface area (TPSA) is 39.2 Å². The quantitative estimate of drug-likeness (QED) is 0.762. The Kier molecular flexibility index (Phi) is 3.14. The van der Waals surface area contributed by atoms with Crippen LogP contribution in [-0.4, -0.2) is 11.3 Å². The number of rotatable bonds is 3. The van der Waals surface area contributed by atoms with Crippen LogP contribution in [-0.2, 0) is 0 Å². The van der Waals surface area contributed by atoms with Crippen molar-refractivity contribution in [3.63, 3.8) is 0 Å². The van der Waals surface area contributed by atoms with Crippen LogP contribution in [0.25, 0.3) is 0 Å². The van der Waals surface area contributed by atoms with Gasteiger partial charge in [0.15, 0.2) is 6.29 Å². The third kappa shape index (κ3) is 2.66. The highest BCUT2D eigenvalue weighted by atomic mass is 19.1. The standard InChI is InChI=1S/C13H10FNO2/c1-9-2-4-11(6-12(9)14)17-13-5-3-10(8-16)7-15-13/h2-8H,1H3. The molecule has 2 rings (SSSR count). The number of hydrogen-bond donors (Lipinski definition) is 0. The van der Waals surface area contributed by atoms with Crippen LogP contribution >= 0.6 is 0 Å². The first kappa shape index (κ1) is 11.3. The number of benzene rings is 1. The van der Waals surface area contributed by atoms with Gasteiger partial charge in [0.05, 0.1) is 0 Å². The van der Waals surface area contributed by atoms with E-state index in [1.807, 2.05) is 0 Å². The summed E-state index contributed by atoms with van der Waals surface area (Å²) >= 11 is 0. The minimum Gasteiger partial charge on any atom is -0.439 e. The molecule has 0 saturated heterocycles. The minimum atomic E-state index is -0.327. The molecule has 1 heterocycles. The maximum atomic E-state index is 13.3. The van der Waals surface area contributed by atoms with Gasteiger partial charge < -0.3 is 4.74 Å². The monoisotopic (exact) mass is 231 g/mol. The fraction of sp³-hybridized carbons (Fsp3) is 0.0769. The summed E-state index contributed by atoms with van der Waals surface area (Å²) in [6.45, 7) is 1.68. The van der Waals surface area contributed by atoms with Crippen molar-refractivity contribution in [3.8, 4) is 11.6 Å². The normalized spacial score (nSPS) is 10.0. The molecule has 3 nitrogen and oxygen atoms in total. The number of carbonyl (C=O) groups is 1. The summed E-state index contributed by atoms with van der Waals surface area (Å²) in [4.78, 5) is 14.3. The Morgan fingerprint density at radius 2 is 2.12 bits per heavy atom. The SMILES string of the molecule is Cc1ccc(Oc2ccc(C=O)cn2)cc1F. The number of aromatic nitrogens is 1. The van der Waals surface area contributed by atoms with Gasteiger partial charge >= 0.3 is 0 Å². The van der Waals surface area contributed by atoms with Crippen LogP contribution in [0.4, 0.5) is 4.39 Å². The summed E-state index contributed by atoms with van der Waals surface area (Å²) < 4.78 is 18.6. The van der Waals surface area contributed by atoms with Crippen LogP contribution < -0.4 is 4.74 Å². The molecule has 0 N–H and O–H groups in total. The van der Waals surface area contributed by atoms with E-state index in [0.29, 0.717) is 29.0 Å². The molecule has 0 bridgehead atoms. The molecular weight excluding hydrogens is 221 g/mol. The summed E-state index contributed by atoms with van der Waals surface area (Å²) in [5.74, 6) is 0.366. The molecule has 17 heavy (non-hydrogen) atoms. The predicted octanol–water partition coefficient (Wildman–Crippen LogP) is 3.13. The molecule has 0 unspecified atom stereocenters. The highest BCUT2D eigenvalue weighted by molar-refractivity contribution is 5.74.